The van der Waals surface area contributed by atoms with Crippen LogP contribution in [0, 0.1) is 6.92 Å². The van der Waals surface area contributed by atoms with Crippen LogP contribution in [0.5, 0.6) is 0 Å². The summed E-state index contributed by atoms with van der Waals surface area (Å²) in [4.78, 5) is 10.5. The molecule has 10 heteroatoms. The molecule has 1 atom stereocenters. The van der Waals surface area contributed by atoms with Gasteiger partial charge in [0.05, 0.1) is 0 Å². The number of aliphatic hydroxyl groups excluding tert-OH is 1. The zero-order valence-corrected chi connectivity index (χ0v) is 8.42. The normalized spacial score (nSPS) is 15.1. The minimum absolute atomic E-state index is 0.537. The van der Waals surface area contributed by atoms with Crippen LogP contribution in [0.1, 0.15) is 17.0 Å². The lowest BCUT2D eigenvalue weighted by Gasteiger charge is -2.11. The predicted octanol–water partition coefficient (Wildman–Crippen LogP) is 0.467. The quantitative estimate of drug-likeness (QED) is 0.831. The molecule has 1 rings (SSSR count). The summed E-state index contributed by atoms with van der Waals surface area (Å²) < 4.78 is 65.6. The summed E-state index contributed by atoms with van der Waals surface area (Å²) in [7, 11) is -5.88. The highest BCUT2D eigenvalue weighted by molar-refractivity contribution is 7.92. The third kappa shape index (κ3) is 1.97. The monoisotopic (exact) mass is 262 g/mol. The van der Waals surface area contributed by atoms with Crippen LogP contribution in [-0.2, 0) is 9.84 Å². The summed E-state index contributed by atoms with van der Waals surface area (Å²) in [6.07, 6.45) is 0. The molecule has 1 aromatic rings. The van der Waals surface area contributed by atoms with E-state index in [-0.39, 0.29) is 0 Å². The molecule has 1 N–H and O–H groups in total. The molecule has 92 valence electrons. The lowest BCUT2D eigenvalue weighted by molar-refractivity contribution is -0.0481. The van der Waals surface area contributed by atoms with E-state index in [0.29, 0.717) is 0 Å². The second kappa shape index (κ2) is 3.63. The fourth-order valence-electron chi connectivity index (χ4n) is 0.850. The summed E-state index contributed by atoms with van der Waals surface area (Å²) >= 11 is 0. The van der Waals surface area contributed by atoms with E-state index in [4.69, 9.17) is 5.11 Å². The van der Waals surface area contributed by atoms with E-state index >= 15 is 0 Å². The molecule has 6 nitrogen and oxygen atoms in total. The molecular weight excluding hydrogens is 257 g/mol. The number of hydrogen-bond acceptors (Lipinski definition) is 6. The number of alkyl halides is 3. The first-order valence-corrected chi connectivity index (χ1v) is 5.20. The average molecular weight is 262 g/mol. The van der Waals surface area contributed by atoms with E-state index in [2.05, 4.69) is 8.83 Å². The number of sulfone groups is 1. The Morgan fingerprint density at radius 3 is 2.12 bits per heavy atom. The molecule has 0 spiro atoms. The van der Waals surface area contributed by atoms with Crippen LogP contribution in [0.25, 0.3) is 0 Å². The van der Waals surface area contributed by atoms with Crippen molar-refractivity contribution in [2.24, 2.45) is 0 Å². The van der Waals surface area contributed by atoms with Gasteiger partial charge in [0.1, 0.15) is 0 Å². The van der Waals surface area contributed by atoms with E-state index in [9.17, 15) is 26.4 Å². The lowest BCUT2D eigenvalue weighted by atomic mass is 10.4. The Hall–Kier alpha value is -1.29. The standard InChI is InChI=1S/C6H5F3O6S/c1-2-3(15-5(11)14-2)4(10)16(12,13)6(7,8)9/h4,10H,1H3. The highest BCUT2D eigenvalue weighted by Gasteiger charge is 2.52. The third-order valence-corrected chi connectivity index (χ3v) is 3.06. The maximum Gasteiger partial charge on any atom is 0.519 e. The van der Waals surface area contributed by atoms with E-state index in [0.717, 1.165) is 6.92 Å². The van der Waals surface area contributed by atoms with E-state index in [1.807, 2.05) is 0 Å². The Morgan fingerprint density at radius 1 is 1.31 bits per heavy atom. The average Bonchev–Trinajstić information content (AvgIpc) is 2.41. The SMILES string of the molecule is Cc1oc(=O)oc1C(O)S(=O)(=O)C(F)(F)F. The molecule has 0 amide bonds. The summed E-state index contributed by atoms with van der Waals surface area (Å²) in [6, 6.07) is 0. The Balaban J connectivity index is 3.28. The maximum atomic E-state index is 12.0. The van der Waals surface area contributed by atoms with Crippen molar-refractivity contribution in [3.05, 3.63) is 22.1 Å². The largest absolute Gasteiger partial charge is 0.519 e. The Morgan fingerprint density at radius 2 is 1.81 bits per heavy atom. The zero-order valence-electron chi connectivity index (χ0n) is 7.61. The fourth-order valence-corrected chi connectivity index (χ4v) is 1.60. The van der Waals surface area contributed by atoms with Gasteiger partial charge >= 0.3 is 11.3 Å². The number of rotatable bonds is 2. The van der Waals surface area contributed by atoms with Crippen molar-refractivity contribution >= 4 is 9.84 Å². The van der Waals surface area contributed by atoms with E-state index < -0.39 is 38.1 Å². The molecule has 1 aromatic heterocycles. The molecule has 0 fully saturated rings. The Bertz CT molecular complexity index is 535. The first-order chi connectivity index (χ1) is 7.07. The first-order valence-electron chi connectivity index (χ1n) is 3.66. The summed E-state index contributed by atoms with van der Waals surface area (Å²) in [5.41, 5.74) is -8.67. The molecule has 0 aliphatic carbocycles. The van der Waals surface area contributed by atoms with Gasteiger partial charge in [-0.3, -0.25) is 0 Å². The lowest BCUT2D eigenvalue weighted by Crippen LogP contribution is -2.29. The van der Waals surface area contributed by atoms with Gasteiger partial charge in [-0.2, -0.15) is 13.2 Å². The first kappa shape index (κ1) is 12.8. The molecule has 0 saturated heterocycles. The van der Waals surface area contributed by atoms with Crippen LogP contribution in [0.15, 0.2) is 13.6 Å². The highest BCUT2D eigenvalue weighted by Crippen LogP contribution is 2.34. The summed E-state index contributed by atoms with van der Waals surface area (Å²) in [5, 5.41) is 8.98. The van der Waals surface area contributed by atoms with Gasteiger partial charge in [0.25, 0.3) is 9.84 Å². The second-order valence-electron chi connectivity index (χ2n) is 2.72. The van der Waals surface area contributed by atoms with Crippen molar-refractivity contribution in [1.82, 2.24) is 0 Å². The number of aryl methyl sites for hydroxylation is 1. The molecule has 0 aromatic carbocycles. The Labute approximate surface area is 86.2 Å². The predicted molar refractivity (Wildman–Crippen MR) is 41.9 cm³/mol. The number of halogens is 3. The van der Waals surface area contributed by atoms with Gasteiger partial charge in [-0.15, -0.1) is 0 Å². The van der Waals surface area contributed by atoms with Crippen LogP contribution in [0.4, 0.5) is 13.2 Å². The van der Waals surface area contributed by atoms with Crippen LogP contribution >= 0.6 is 0 Å². The van der Waals surface area contributed by atoms with Crippen LogP contribution in [0.2, 0.25) is 0 Å². The smallest absolute Gasteiger partial charge is 0.396 e. The van der Waals surface area contributed by atoms with Crippen LogP contribution in [-0.4, -0.2) is 19.0 Å². The van der Waals surface area contributed by atoms with Crippen molar-refractivity contribution in [1.29, 1.82) is 0 Å². The van der Waals surface area contributed by atoms with Gasteiger partial charge in [-0.05, 0) is 6.92 Å². The topological polar surface area (TPSA) is 97.7 Å². The van der Waals surface area contributed by atoms with Gasteiger partial charge in [0.15, 0.2) is 11.5 Å². The van der Waals surface area contributed by atoms with Crippen molar-refractivity contribution in [2.75, 3.05) is 0 Å². The number of hydrogen-bond donors (Lipinski definition) is 1. The second-order valence-corrected chi connectivity index (χ2v) is 4.72. The van der Waals surface area contributed by atoms with E-state index in [1.165, 1.54) is 0 Å². The fraction of sp³-hybridized carbons (Fsp3) is 0.500. The molecule has 0 aliphatic rings. The third-order valence-electron chi connectivity index (χ3n) is 1.62. The van der Waals surface area contributed by atoms with Crippen molar-refractivity contribution in [3.63, 3.8) is 0 Å². The van der Waals surface area contributed by atoms with Gasteiger partial charge in [-0.1, -0.05) is 0 Å². The molecule has 1 heterocycles. The highest BCUT2D eigenvalue weighted by atomic mass is 32.2. The van der Waals surface area contributed by atoms with Gasteiger partial charge < -0.3 is 13.9 Å². The summed E-state index contributed by atoms with van der Waals surface area (Å²) in [5.74, 6) is -3.02. The molecule has 0 bridgehead atoms. The minimum atomic E-state index is -5.88. The van der Waals surface area contributed by atoms with Gasteiger partial charge in [-0.25, -0.2) is 13.2 Å². The molecule has 0 saturated carbocycles. The minimum Gasteiger partial charge on any atom is -0.396 e. The molecule has 0 aliphatic heterocycles. The van der Waals surface area contributed by atoms with Crippen molar-refractivity contribution < 1.29 is 35.5 Å². The van der Waals surface area contributed by atoms with Crippen LogP contribution in [0.3, 0.4) is 0 Å². The van der Waals surface area contributed by atoms with Gasteiger partial charge in [0, 0.05) is 0 Å². The van der Waals surface area contributed by atoms with Gasteiger partial charge in [0.2, 0.25) is 5.44 Å². The number of aliphatic hydroxyl groups is 1. The molecule has 1 unspecified atom stereocenters. The van der Waals surface area contributed by atoms with Crippen molar-refractivity contribution in [2.45, 2.75) is 17.9 Å². The molecule has 16 heavy (non-hydrogen) atoms. The maximum absolute atomic E-state index is 12.0. The zero-order chi connectivity index (χ0) is 12.7. The van der Waals surface area contributed by atoms with E-state index in [1.54, 1.807) is 0 Å². The van der Waals surface area contributed by atoms with Crippen LogP contribution < -0.4 is 5.82 Å². The molecular formula is C6H5F3O6S. The summed E-state index contributed by atoms with van der Waals surface area (Å²) in [6.45, 7) is 0.981. The molecule has 0 radical (unpaired) electrons. The Kier molecular flexibility index (Phi) is 2.90. The van der Waals surface area contributed by atoms with Crippen molar-refractivity contribution in [3.8, 4) is 0 Å².